The molecule has 1 aromatic carbocycles. The lowest BCUT2D eigenvalue weighted by Gasteiger charge is -2.18. The second-order valence-electron chi connectivity index (χ2n) is 5.82. The van der Waals surface area contributed by atoms with Crippen molar-refractivity contribution >= 4 is 29.9 Å². The fourth-order valence-electron chi connectivity index (χ4n) is 2.24. The van der Waals surface area contributed by atoms with Crippen molar-refractivity contribution in [3.8, 4) is 0 Å². The molecule has 2 aromatic rings. The van der Waals surface area contributed by atoms with Crippen molar-refractivity contribution in [2.24, 2.45) is 4.99 Å². The van der Waals surface area contributed by atoms with Gasteiger partial charge >= 0.3 is 0 Å². The summed E-state index contributed by atoms with van der Waals surface area (Å²) in [5, 5.41) is 6.45. The summed E-state index contributed by atoms with van der Waals surface area (Å²) < 4.78 is 19.3. The zero-order chi connectivity index (χ0) is 17.7. The molecule has 1 aromatic heterocycles. The number of aliphatic imine (C=N–C) groups is 1. The van der Waals surface area contributed by atoms with Crippen LogP contribution in [0.4, 0.5) is 4.39 Å². The zero-order valence-electron chi connectivity index (χ0n) is 15.3. The lowest BCUT2D eigenvalue weighted by molar-refractivity contribution is 0.472. The van der Waals surface area contributed by atoms with Crippen LogP contribution in [0.2, 0.25) is 0 Å². The third-order valence-corrected chi connectivity index (χ3v) is 3.84. The topological polar surface area (TPSA) is 62.5 Å². The number of benzene rings is 1. The van der Waals surface area contributed by atoms with Gasteiger partial charge in [0.05, 0.1) is 11.7 Å². The maximum atomic E-state index is 13.7. The number of nitrogens with zero attached hydrogens (tertiary/aromatic N) is 2. The third-order valence-electron chi connectivity index (χ3n) is 3.84. The molecule has 1 atom stereocenters. The van der Waals surface area contributed by atoms with Crippen molar-refractivity contribution in [1.29, 1.82) is 0 Å². The maximum absolute atomic E-state index is 13.7. The first-order valence-corrected chi connectivity index (χ1v) is 8.14. The molecular weight excluding hydrogens is 434 g/mol. The van der Waals surface area contributed by atoms with Gasteiger partial charge in [0.1, 0.15) is 18.1 Å². The van der Waals surface area contributed by atoms with Crippen LogP contribution < -0.4 is 10.6 Å². The van der Waals surface area contributed by atoms with Gasteiger partial charge in [0, 0.05) is 6.54 Å². The first kappa shape index (κ1) is 21.4. The van der Waals surface area contributed by atoms with E-state index in [1.165, 1.54) is 0 Å². The van der Waals surface area contributed by atoms with Crippen LogP contribution in [0.5, 0.6) is 0 Å². The van der Waals surface area contributed by atoms with Gasteiger partial charge < -0.3 is 15.1 Å². The van der Waals surface area contributed by atoms with Crippen LogP contribution >= 0.6 is 24.0 Å². The van der Waals surface area contributed by atoms with Gasteiger partial charge in [-0.1, -0.05) is 12.1 Å². The Bertz CT molecular complexity index is 710. The molecule has 5 nitrogen and oxygen atoms in total. The van der Waals surface area contributed by atoms with E-state index in [4.69, 9.17) is 4.42 Å². The van der Waals surface area contributed by atoms with Gasteiger partial charge in [-0.25, -0.2) is 14.4 Å². The SMILES string of the molecule is CCNC(=NCc1nc(C)c(C)o1)NC(C)c1ccc(C)c(F)c1.I. The number of hydrogen-bond acceptors (Lipinski definition) is 3. The number of hydrogen-bond donors (Lipinski definition) is 2. The predicted octanol–water partition coefficient (Wildman–Crippen LogP) is 4.17. The van der Waals surface area contributed by atoms with E-state index in [1.807, 2.05) is 33.8 Å². The highest BCUT2D eigenvalue weighted by Gasteiger charge is 2.11. The van der Waals surface area contributed by atoms with Gasteiger partial charge in [0.2, 0.25) is 5.89 Å². The van der Waals surface area contributed by atoms with Crippen LogP contribution in [0.25, 0.3) is 0 Å². The largest absolute Gasteiger partial charge is 0.444 e. The predicted molar refractivity (Wildman–Crippen MR) is 109 cm³/mol. The molecule has 1 heterocycles. The first-order valence-electron chi connectivity index (χ1n) is 8.14. The summed E-state index contributed by atoms with van der Waals surface area (Å²) in [5.41, 5.74) is 2.38. The minimum Gasteiger partial charge on any atom is -0.444 e. The lowest BCUT2D eigenvalue weighted by atomic mass is 10.1. The molecule has 0 saturated heterocycles. The Kier molecular flexibility index (Phi) is 8.34. The fraction of sp³-hybridized carbons (Fsp3) is 0.444. The smallest absolute Gasteiger partial charge is 0.216 e. The first-order chi connectivity index (χ1) is 11.4. The highest BCUT2D eigenvalue weighted by Crippen LogP contribution is 2.16. The summed E-state index contributed by atoms with van der Waals surface area (Å²) in [6, 6.07) is 5.18. The molecule has 0 amide bonds. The summed E-state index contributed by atoms with van der Waals surface area (Å²) in [6.45, 7) is 10.6. The van der Waals surface area contributed by atoms with Crippen molar-refractivity contribution < 1.29 is 8.81 Å². The highest BCUT2D eigenvalue weighted by atomic mass is 127. The molecular formula is C18H26FIN4O. The Morgan fingerprint density at radius 1 is 1.32 bits per heavy atom. The summed E-state index contributed by atoms with van der Waals surface area (Å²) >= 11 is 0. The maximum Gasteiger partial charge on any atom is 0.216 e. The highest BCUT2D eigenvalue weighted by molar-refractivity contribution is 14.0. The van der Waals surface area contributed by atoms with Crippen molar-refractivity contribution in [2.45, 2.75) is 47.2 Å². The van der Waals surface area contributed by atoms with Crippen LogP contribution in [0.15, 0.2) is 27.6 Å². The minimum atomic E-state index is -0.200. The Morgan fingerprint density at radius 2 is 2.04 bits per heavy atom. The van der Waals surface area contributed by atoms with E-state index in [0.717, 1.165) is 23.6 Å². The van der Waals surface area contributed by atoms with Crippen molar-refractivity contribution in [3.05, 3.63) is 52.5 Å². The molecule has 2 N–H and O–H groups in total. The van der Waals surface area contributed by atoms with Gasteiger partial charge in [-0.3, -0.25) is 0 Å². The molecule has 0 radical (unpaired) electrons. The summed E-state index contributed by atoms with van der Waals surface area (Å²) in [7, 11) is 0. The summed E-state index contributed by atoms with van der Waals surface area (Å²) in [5.74, 6) is 1.83. The van der Waals surface area contributed by atoms with Gasteiger partial charge in [0.25, 0.3) is 0 Å². The number of rotatable bonds is 5. The van der Waals surface area contributed by atoms with E-state index in [9.17, 15) is 4.39 Å². The van der Waals surface area contributed by atoms with Gasteiger partial charge in [-0.2, -0.15) is 0 Å². The number of aryl methyl sites for hydroxylation is 3. The summed E-state index contributed by atoms with van der Waals surface area (Å²) in [6.07, 6.45) is 0. The molecule has 138 valence electrons. The Hall–Kier alpha value is -1.64. The van der Waals surface area contributed by atoms with E-state index < -0.39 is 0 Å². The molecule has 0 bridgehead atoms. The number of guanidine groups is 1. The second kappa shape index (κ2) is 9.74. The standard InChI is InChI=1S/C18H25FN4O.HI/c1-6-20-18(21-10-17-22-12(3)14(5)24-17)23-13(4)15-8-7-11(2)16(19)9-15;/h7-9,13H,6,10H2,1-5H3,(H2,20,21,23);1H. The van der Waals surface area contributed by atoms with Crippen LogP contribution in [0, 0.1) is 26.6 Å². The van der Waals surface area contributed by atoms with Crippen molar-refractivity contribution in [3.63, 3.8) is 0 Å². The van der Waals surface area contributed by atoms with Gasteiger partial charge in [0.15, 0.2) is 5.96 Å². The van der Waals surface area contributed by atoms with E-state index in [-0.39, 0.29) is 35.8 Å². The molecule has 0 aliphatic heterocycles. The van der Waals surface area contributed by atoms with E-state index in [2.05, 4.69) is 20.6 Å². The number of oxazole rings is 1. The van der Waals surface area contributed by atoms with Crippen LogP contribution in [-0.4, -0.2) is 17.5 Å². The summed E-state index contributed by atoms with van der Waals surface area (Å²) in [4.78, 5) is 8.81. The third kappa shape index (κ3) is 5.98. The van der Waals surface area contributed by atoms with E-state index in [0.29, 0.717) is 24.0 Å². The molecule has 2 rings (SSSR count). The lowest BCUT2D eigenvalue weighted by Crippen LogP contribution is -2.38. The normalized spacial score (nSPS) is 12.5. The fourth-order valence-corrected chi connectivity index (χ4v) is 2.24. The van der Waals surface area contributed by atoms with Crippen molar-refractivity contribution in [2.75, 3.05) is 6.54 Å². The minimum absolute atomic E-state index is 0. The van der Waals surface area contributed by atoms with Crippen LogP contribution in [-0.2, 0) is 6.54 Å². The monoisotopic (exact) mass is 460 g/mol. The average molecular weight is 460 g/mol. The van der Waals surface area contributed by atoms with Crippen LogP contribution in [0.3, 0.4) is 0 Å². The molecule has 1 unspecified atom stereocenters. The van der Waals surface area contributed by atoms with Gasteiger partial charge in [-0.15, -0.1) is 24.0 Å². The number of aromatic nitrogens is 1. The number of halogens is 2. The Labute approximate surface area is 165 Å². The number of nitrogens with one attached hydrogen (secondary N) is 2. The molecule has 0 saturated carbocycles. The van der Waals surface area contributed by atoms with E-state index >= 15 is 0 Å². The second-order valence-corrected chi connectivity index (χ2v) is 5.82. The average Bonchev–Trinajstić information content (AvgIpc) is 2.86. The van der Waals surface area contributed by atoms with Crippen molar-refractivity contribution in [1.82, 2.24) is 15.6 Å². The zero-order valence-corrected chi connectivity index (χ0v) is 17.6. The Morgan fingerprint density at radius 3 is 2.60 bits per heavy atom. The molecule has 0 aliphatic carbocycles. The Balaban J connectivity index is 0.00000312. The quantitative estimate of drug-likeness (QED) is 0.400. The molecule has 25 heavy (non-hydrogen) atoms. The van der Waals surface area contributed by atoms with E-state index in [1.54, 1.807) is 19.1 Å². The molecule has 0 spiro atoms. The molecule has 7 heteroatoms. The van der Waals surface area contributed by atoms with Gasteiger partial charge in [-0.05, 0) is 51.8 Å². The molecule has 0 fully saturated rings. The molecule has 0 aliphatic rings. The van der Waals surface area contributed by atoms with Crippen LogP contribution in [0.1, 0.15) is 48.4 Å².